The van der Waals surface area contributed by atoms with E-state index in [1.54, 1.807) is 24.6 Å². The highest BCUT2D eigenvalue weighted by molar-refractivity contribution is 7.91. The number of rotatable bonds is 9. The number of hydrogen-bond donors (Lipinski definition) is 3. The van der Waals surface area contributed by atoms with Crippen molar-refractivity contribution in [3.63, 3.8) is 0 Å². The molecule has 1 fully saturated rings. The lowest BCUT2D eigenvalue weighted by Gasteiger charge is -2.34. The molecule has 0 spiro atoms. The molecule has 1 aliphatic heterocycles. The molecule has 0 aromatic carbocycles. The number of guanidine groups is 1. The number of hydrogen-bond acceptors (Lipinski definition) is 5. The van der Waals surface area contributed by atoms with E-state index in [0.29, 0.717) is 16.7 Å². The van der Waals surface area contributed by atoms with Crippen LogP contribution in [-0.4, -0.2) is 64.5 Å². The Hall–Kier alpha value is -1.65. The first-order valence-corrected chi connectivity index (χ1v) is 12.6. The highest BCUT2D eigenvalue weighted by atomic mass is 32.2. The Morgan fingerprint density at radius 1 is 1.28 bits per heavy atom. The molecule has 164 valence electrons. The summed E-state index contributed by atoms with van der Waals surface area (Å²) in [6, 6.07) is 3.54. The van der Waals surface area contributed by atoms with Crippen molar-refractivity contribution in [2.45, 2.75) is 49.8 Å². The van der Waals surface area contributed by atoms with E-state index in [1.165, 1.54) is 11.3 Å². The molecule has 0 radical (unpaired) electrons. The van der Waals surface area contributed by atoms with Crippen LogP contribution < -0.4 is 15.4 Å². The fourth-order valence-electron chi connectivity index (χ4n) is 3.38. The summed E-state index contributed by atoms with van der Waals surface area (Å²) in [7, 11) is -1.75. The van der Waals surface area contributed by atoms with Gasteiger partial charge in [0.2, 0.25) is 15.9 Å². The van der Waals surface area contributed by atoms with Crippen LogP contribution in [0.25, 0.3) is 0 Å². The highest BCUT2D eigenvalue weighted by Crippen LogP contribution is 2.17. The van der Waals surface area contributed by atoms with Gasteiger partial charge in [0.05, 0.1) is 0 Å². The Bertz CT molecular complexity index is 753. The maximum atomic E-state index is 12.5. The number of nitrogens with one attached hydrogen (secondary N) is 3. The van der Waals surface area contributed by atoms with Crippen LogP contribution in [0.15, 0.2) is 26.7 Å². The molecule has 10 heteroatoms. The third kappa shape index (κ3) is 6.97. The molecular weight excluding hydrogens is 410 g/mol. The maximum Gasteiger partial charge on any atom is 0.250 e. The smallest absolute Gasteiger partial charge is 0.250 e. The number of carbonyl (C=O) groups is 1. The van der Waals surface area contributed by atoms with E-state index in [9.17, 15) is 13.2 Å². The Kier molecular flexibility index (Phi) is 9.38. The van der Waals surface area contributed by atoms with Crippen molar-refractivity contribution in [2.24, 2.45) is 10.9 Å². The van der Waals surface area contributed by atoms with E-state index < -0.39 is 10.0 Å². The van der Waals surface area contributed by atoms with Crippen LogP contribution >= 0.6 is 11.3 Å². The van der Waals surface area contributed by atoms with Gasteiger partial charge in [-0.3, -0.25) is 9.79 Å². The van der Waals surface area contributed by atoms with Crippen LogP contribution in [0.5, 0.6) is 0 Å². The minimum Gasteiger partial charge on any atom is -0.355 e. The van der Waals surface area contributed by atoms with Crippen molar-refractivity contribution in [3.8, 4) is 0 Å². The van der Waals surface area contributed by atoms with Gasteiger partial charge >= 0.3 is 0 Å². The first kappa shape index (κ1) is 23.6. The van der Waals surface area contributed by atoms with Crippen LogP contribution in [0, 0.1) is 5.92 Å². The van der Waals surface area contributed by atoms with Crippen molar-refractivity contribution in [1.82, 2.24) is 20.3 Å². The maximum absolute atomic E-state index is 12.5. The molecule has 1 aromatic heterocycles. The van der Waals surface area contributed by atoms with E-state index in [4.69, 9.17) is 0 Å². The van der Waals surface area contributed by atoms with Crippen LogP contribution in [-0.2, 0) is 14.8 Å². The fourth-order valence-corrected chi connectivity index (χ4v) is 5.45. The van der Waals surface area contributed by atoms with E-state index in [-0.39, 0.29) is 24.4 Å². The Balaban J connectivity index is 1.71. The molecule has 1 aromatic rings. The fraction of sp³-hybridized carbons (Fsp3) is 0.684. The van der Waals surface area contributed by atoms with Gasteiger partial charge in [-0.1, -0.05) is 19.9 Å². The van der Waals surface area contributed by atoms with Gasteiger partial charge in [0.1, 0.15) is 4.21 Å². The van der Waals surface area contributed by atoms with E-state index in [0.717, 1.165) is 38.8 Å². The molecule has 0 aliphatic carbocycles. The number of nitrogens with zero attached hydrogens (tertiary/aromatic N) is 2. The molecule has 0 unspecified atom stereocenters. The summed E-state index contributed by atoms with van der Waals surface area (Å²) in [4.78, 5) is 18.7. The number of piperidine rings is 1. The molecule has 8 nitrogen and oxygen atoms in total. The Labute approximate surface area is 178 Å². The first-order chi connectivity index (χ1) is 13.9. The Morgan fingerprint density at radius 3 is 2.52 bits per heavy atom. The van der Waals surface area contributed by atoms with Crippen molar-refractivity contribution in [3.05, 3.63) is 17.5 Å². The van der Waals surface area contributed by atoms with Crippen molar-refractivity contribution in [2.75, 3.05) is 33.2 Å². The van der Waals surface area contributed by atoms with Gasteiger partial charge in [-0.25, -0.2) is 13.1 Å². The third-order valence-electron chi connectivity index (χ3n) is 5.18. The number of sulfonamides is 1. The van der Waals surface area contributed by atoms with Crippen molar-refractivity contribution < 1.29 is 13.2 Å². The monoisotopic (exact) mass is 443 g/mol. The third-order valence-corrected chi connectivity index (χ3v) is 8.03. The van der Waals surface area contributed by atoms with Crippen LogP contribution in [0.4, 0.5) is 0 Å². The molecule has 2 rings (SSSR count). The topological polar surface area (TPSA) is 103 Å². The normalized spacial score (nSPS) is 16.3. The quantitative estimate of drug-likeness (QED) is 0.306. The zero-order chi connectivity index (χ0) is 21.3. The molecule has 29 heavy (non-hydrogen) atoms. The highest BCUT2D eigenvalue weighted by Gasteiger charge is 2.26. The number of thiophene rings is 1. The molecule has 0 saturated carbocycles. The molecule has 2 heterocycles. The zero-order valence-corrected chi connectivity index (χ0v) is 19.1. The molecule has 1 amide bonds. The second-order valence-electron chi connectivity index (χ2n) is 7.09. The minimum absolute atomic E-state index is 0.131. The number of aliphatic imine (C=N–C) groups is 1. The second-order valence-corrected chi connectivity index (χ2v) is 10.0. The van der Waals surface area contributed by atoms with Crippen molar-refractivity contribution >= 4 is 33.2 Å². The number of amides is 1. The van der Waals surface area contributed by atoms with Gasteiger partial charge in [-0.05, 0) is 37.1 Å². The molecule has 3 N–H and O–H groups in total. The van der Waals surface area contributed by atoms with Crippen LogP contribution in [0.3, 0.4) is 0 Å². The standard InChI is InChI=1S/C19H33N5O3S2/c1-4-15(5-2)18(25)24-12-8-16(9-13-24)23-19(20-3)21-10-11-22-29(26,27)17-7-6-14-28-17/h6-7,14-16,22H,4-5,8-13H2,1-3H3,(H2,20,21,23). The van der Waals surface area contributed by atoms with Gasteiger partial charge in [-0.15, -0.1) is 11.3 Å². The summed E-state index contributed by atoms with van der Waals surface area (Å²) in [6.07, 6.45) is 3.52. The SMILES string of the molecule is CCC(CC)C(=O)N1CCC(NC(=NC)NCCNS(=O)(=O)c2cccs2)CC1. The van der Waals surface area contributed by atoms with Gasteiger partial charge in [-0.2, -0.15) is 0 Å². The summed E-state index contributed by atoms with van der Waals surface area (Å²) in [5.41, 5.74) is 0. The second kappa shape index (κ2) is 11.5. The average molecular weight is 444 g/mol. The summed E-state index contributed by atoms with van der Waals surface area (Å²) < 4.78 is 27.1. The molecule has 1 aliphatic rings. The van der Waals surface area contributed by atoms with Crippen LogP contribution in [0.1, 0.15) is 39.5 Å². The lowest BCUT2D eigenvalue weighted by atomic mass is 9.98. The minimum atomic E-state index is -3.44. The summed E-state index contributed by atoms with van der Waals surface area (Å²) >= 11 is 1.19. The molecule has 0 bridgehead atoms. The van der Waals surface area contributed by atoms with Crippen molar-refractivity contribution in [1.29, 1.82) is 0 Å². The number of carbonyl (C=O) groups excluding carboxylic acids is 1. The molecule has 1 saturated heterocycles. The number of likely N-dealkylation sites (tertiary alicyclic amines) is 1. The van der Waals surface area contributed by atoms with E-state index >= 15 is 0 Å². The predicted molar refractivity (Wildman–Crippen MR) is 118 cm³/mol. The van der Waals surface area contributed by atoms with Gasteiger partial charge in [0.15, 0.2) is 5.96 Å². The predicted octanol–water partition coefficient (Wildman–Crippen LogP) is 1.62. The average Bonchev–Trinajstić information content (AvgIpc) is 3.27. The first-order valence-electron chi connectivity index (χ1n) is 10.2. The summed E-state index contributed by atoms with van der Waals surface area (Å²) in [5, 5.41) is 8.25. The lowest BCUT2D eigenvalue weighted by Crippen LogP contribution is -2.51. The van der Waals surface area contributed by atoms with E-state index in [2.05, 4.69) is 34.2 Å². The lowest BCUT2D eigenvalue weighted by molar-refractivity contribution is -0.136. The largest absolute Gasteiger partial charge is 0.355 e. The summed E-state index contributed by atoms with van der Waals surface area (Å²) in [5.74, 6) is 1.05. The van der Waals surface area contributed by atoms with Gasteiger partial charge in [0.25, 0.3) is 0 Å². The van der Waals surface area contributed by atoms with Crippen LogP contribution in [0.2, 0.25) is 0 Å². The summed E-state index contributed by atoms with van der Waals surface area (Å²) in [6.45, 7) is 6.34. The van der Waals surface area contributed by atoms with Gasteiger partial charge < -0.3 is 15.5 Å². The van der Waals surface area contributed by atoms with E-state index in [1.807, 2.05) is 4.90 Å². The van der Waals surface area contributed by atoms with Gasteiger partial charge in [0, 0.05) is 45.2 Å². The zero-order valence-electron chi connectivity index (χ0n) is 17.5. The molecular formula is C19H33N5O3S2. The Morgan fingerprint density at radius 2 is 1.97 bits per heavy atom. The molecule has 0 atom stereocenters.